The molecule has 24 heavy (non-hydrogen) atoms. The Labute approximate surface area is 138 Å². The van der Waals surface area contributed by atoms with Crippen LogP contribution < -0.4 is 0 Å². The van der Waals surface area contributed by atoms with E-state index in [2.05, 4.69) is 26.1 Å². The Morgan fingerprint density at radius 2 is 2.33 bits per heavy atom. The number of nitrogens with zero attached hydrogens (tertiary/aromatic N) is 5. The highest BCUT2D eigenvalue weighted by Gasteiger charge is 2.22. The molecule has 0 saturated carbocycles. The van der Waals surface area contributed by atoms with Gasteiger partial charge in [0.2, 0.25) is 11.7 Å². The van der Waals surface area contributed by atoms with Crippen molar-refractivity contribution in [1.29, 1.82) is 5.26 Å². The second-order valence-corrected chi connectivity index (χ2v) is 5.78. The fraction of sp³-hybridized carbons (Fsp3) is 0.294. The summed E-state index contributed by atoms with van der Waals surface area (Å²) in [5.74, 6) is 1.59. The third kappa shape index (κ3) is 2.57. The first-order chi connectivity index (χ1) is 11.7. The summed E-state index contributed by atoms with van der Waals surface area (Å²) in [6, 6.07) is 5.86. The second-order valence-electron chi connectivity index (χ2n) is 5.78. The van der Waals surface area contributed by atoms with Crippen LogP contribution in [0.4, 0.5) is 0 Å². The first kappa shape index (κ1) is 14.6. The summed E-state index contributed by atoms with van der Waals surface area (Å²) in [5.41, 5.74) is 3.71. The largest absolute Gasteiger partial charge is 0.461 e. The molecule has 0 fully saturated rings. The lowest BCUT2D eigenvalue weighted by atomic mass is 9.96. The van der Waals surface area contributed by atoms with E-state index in [0.717, 1.165) is 36.3 Å². The molecule has 0 aromatic carbocycles. The van der Waals surface area contributed by atoms with Crippen molar-refractivity contribution in [1.82, 2.24) is 20.0 Å². The summed E-state index contributed by atoms with van der Waals surface area (Å²) < 4.78 is 10.6. The molecule has 1 aliphatic rings. The van der Waals surface area contributed by atoms with Gasteiger partial charge in [-0.1, -0.05) is 5.16 Å². The fourth-order valence-corrected chi connectivity index (χ4v) is 3.01. The number of pyridine rings is 1. The third-order valence-corrected chi connectivity index (χ3v) is 4.22. The molecule has 0 bridgehead atoms. The molecule has 4 heterocycles. The van der Waals surface area contributed by atoms with Crippen molar-refractivity contribution < 1.29 is 8.94 Å². The average molecular weight is 321 g/mol. The zero-order valence-corrected chi connectivity index (χ0v) is 13.2. The summed E-state index contributed by atoms with van der Waals surface area (Å²) in [5, 5.41) is 13.3. The van der Waals surface area contributed by atoms with Crippen LogP contribution in [0.5, 0.6) is 0 Å². The molecule has 0 atom stereocenters. The van der Waals surface area contributed by atoms with Gasteiger partial charge in [-0.2, -0.15) is 10.2 Å². The van der Waals surface area contributed by atoms with E-state index >= 15 is 0 Å². The van der Waals surface area contributed by atoms with E-state index in [4.69, 9.17) is 8.94 Å². The van der Waals surface area contributed by atoms with E-state index in [-0.39, 0.29) is 0 Å². The molecule has 3 aromatic heterocycles. The number of fused-ring (bicyclic) bond motifs is 1. The molecule has 0 aliphatic carbocycles. The molecule has 0 unspecified atom stereocenters. The Bertz CT molecular complexity index is 908. The minimum atomic E-state index is 0.455. The van der Waals surface area contributed by atoms with Gasteiger partial charge in [-0.3, -0.25) is 9.88 Å². The van der Waals surface area contributed by atoms with Crippen LogP contribution >= 0.6 is 0 Å². The summed E-state index contributed by atoms with van der Waals surface area (Å²) >= 11 is 0. The normalized spacial score (nSPS) is 14.3. The van der Waals surface area contributed by atoms with Gasteiger partial charge in [0.05, 0.1) is 24.1 Å². The number of furan rings is 1. The van der Waals surface area contributed by atoms with Crippen LogP contribution in [-0.4, -0.2) is 26.6 Å². The summed E-state index contributed by atoms with van der Waals surface area (Å²) in [7, 11) is 0. The number of rotatable bonds is 3. The first-order valence-corrected chi connectivity index (χ1v) is 7.71. The van der Waals surface area contributed by atoms with Crippen LogP contribution in [0.25, 0.3) is 11.6 Å². The van der Waals surface area contributed by atoms with Gasteiger partial charge in [0.15, 0.2) is 5.76 Å². The smallest absolute Gasteiger partial charge is 0.241 e. The Balaban J connectivity index is 1.51. The van der Waals surface area contributed by atoms with Crippen molar-refractivity contribution in [3.8, 4) is 17.7 Å². The van der Waals surface area contributed by atoms with Crippen LogP contribution in [0.3, 0.4) is 0 Å². The number of hydrogen-bond acceptors (Lipinski definition) is 7. The molecule has 4 rings (SSSR count). The van der Waals surface area contributed by atoms with Crippen molar-refractivity contribution in [3.05, 3.63) is 52.9 Å². The SMILES string of the molecule is Cc1ncc2c(c1C#N)CCN(Cc1nc(-c3ccco3)no1)C2. The maximum Gasteiger partial charge on any atom is 0.241 e. The Hall–Kier alpha value is -2.98. The number of aromatic nitrogens is 3. The predicted octanol–water partition coefficient (Wildman–Crippen LogP) is 2.46. The summed E-state index contributed by atoms with van der Waals surface area (Å²) in [6.07, 6.45) is 4.26. The van der Waals surface area contributed by atoms with Crippen molar-refractivity contribution >= 4 is 0 Å². The lowest BCUT2D eigenvalue weighted by Crippen LogP contribution is -2.31. The average Bonchev–Trinajstić information content (AvgIpc) is 3.26. The van der Waals surface area contributed by atoms with E-state index in [1.165, 1.54) is 0 Å². The quantitative estimate of drug-likeness (QED) is 0.731. The van der Waals surface area contributed by atoms with Gasteiger partial charge in [0, 0.05) is 19.3 Å². The molecule has 120 valence electrons. The topological polar surface area (TPSA) is 92.0 Å². The van der Waals surface area contributed by atoms with Crippen molar-refractivity contribution in [3.63, 3.8) is 0 Å². The number of nitriles is 1. The van der Waals surface area contributed by atoms with Gasteiger partial charge in [-0.15, -0.1) is 0 Å². The minimum absolute atomic E-state index is 0.455. The van der Waals surface area contributed by atoms with Gasteiger partial charge in [0.1, 0.15) is 6.07 Å². The Morgan fingerprint density at radius 3 is 3.12 bits per heavy atom. The standard InChI is InChI=1S/C17H15N5O2/c1-11-14(7-18)13-4-5-22(9-12(13)8-19-11)10-16-20-17(21-24-16)15-3-2-6-23-15/h2-3,6,8H,4-5,9-10H2,1H3. The molecule has 0 radical (unpaired) electrons. The lowest BCUT2D eigenvalue weighted by molar-refractivity contribution is 0.210. The van der Waals surface area contributed by atoms with Crippen LogP contribution in [0.15, 0.2) is 33.5 Å². The molecule has 7 nitrogen and oxygen atoms in total. The van der Waals surface area contributed by atoms with E-state index in [1.807, 2.05) is 13.1 Å². The highest BCUT2D eigenvalue weighted by Crippen LogP contribution is 2.24. The molecule has 0 spiro atoms. The van der Waals surface area contributed by atoms with E-state index in [1.54, 1.807) is 18.4 Å². The maximum atomic E-state index is 9.32. The molecule has 0 amide bonds. The Kier molecular flexibility index (Phi) is 3.59. The zero-order chi connectivity index (χ0) is 16.5. The highest BCUT2D eigenvalue weighted by atomic mass is 16.5. The zero-order valence-electron chi connectivity index (χ0n) is 13.2. The van der Waals surface area contributed by atoms with Gasteiger partial charge in [0.25, 0.3) is 0 Å². The number of hydrogen-bond donors (Lipinski definition) is 0. The lowest BCUT2D eigenvalue weighted by Gasteiger charge is -2.28. The van der Waals surface area contributed by atoms with Gasteiger partial charge >= 0.3 is 0 Å². The molecular formula is C17H15N5O2. The molecule has 3 aromatic rings. The predicted molar refractivity (Wildman–Crippen MR) is 83.5 cm³/mol. The monoisotopic (exact) mass is 321 g/mol. The summed E-state index contributed by atoms with van der Waals surface area (Å²) in [6.45, 7) is 3.99. The van der Waals surface area contributed by atoms with Crippen LogP contribution in [-0.2, 0) is 19.5 Å². The minimum Gasteiger partial charge on any atom is -0.461 e. The molecule has 1 aliphatic heterocycles. The first-order valence-electron chi connectivity index (χ1n) is 7.71. The van der Waals surface area contributed by atoms with Gasteiger partial charge in [-0.05, 0) is 36.6 Å². The molecule has 0 saturated heterocycles. The molecule has 0 N–H and O–H groups in total. The van der Waals surface area contributed by atoms with Crippen molar-refractivity contribution in [2.45, 2.75) is 26.4 Å². The van der Waals surface area contributed by atoms with E-state index in [9.17, 15) is 5.26 Å². The Morgan fingerprint density at radius 1 is 1.42 bits per heavy atom. The van der Waals surface area contributed by atoms with Crippen LogP contribution in [0, 0.1) is 18.3 Å². The number of aryl methyl sites for hydroxylation is 1. The van der Waals surface area contributed by atoms with Crippen molar-refractivity contribution in [2.24, 2.45) is 0 Å². The van der Waals surface area contributed by atoms with Gasteiger partial charge < -0.3 is 8.94 Å². The maximum absolute atomic E-state index is 9.32. The van der Waals surface area contributed by atoms with E-state index in [0.29, 0.717) is 29.6 Å². The highest BCUT2D eigenvalue weighted by molar-refractivity contribution is 5.46. The third-order valence-electron chi connectivity index (χ3n) is 4.22. The second kappa shape index (κ2) is 5.91. The van der Waals surface area contributed by atoms with Gasteiger partial charge in [-0.25, -0.2) is 0 Å². The fourth-order valence-electron chi connectivity index (χ4n) is 3.01. The summed E-state index contributed by atoms with van der Waals surface area (Å²) in [4.78, 5) is 10.9. The molecular weight excluding hydrogens is 306 g/mol. The van der Waals surface area contributed by atoms with E-state index < -0.39 is 0 Å². The molecule has 7 heteroatoms. The van der Waals surface area contributed by atoms with Crippen molar-refractivity contribution in [2.75, 3.05) is 6.54 Å². The van der Waals surface area contributed by atoms with Crippen LogP contribution in [0.2, 0.25) is 0 Å². The van der Waals surface area contributed by atoms with Crippen LogP contribution in [0.1, 0.15) is 28.3 Å².